The number of hydrogen-bond donors (Lipinski definition) is 1. The van der Waals surface area contributed by atoms with E-state index in [0.29, 0.717) is 18.1 Å². The summed E-state index contributed by atoms with van der Waals surface area (Å²) < 4.78 is 10.4. The first kappa shape index (κ1) is 15.9. The minimum Gasteiger partial charge on any atom is -0.379 e. The Hall–Kier alpha value is -1.47. The maximum absolute atomic E-state index is 12.0. The van der Waals surface area contributed by atoms with Crippen LogP contribution in [0.3, 0.4) is 0 Å². The summed E-state index contributed by atoms with van der Waals surface area (Å²) in [5, 5.41) is 6.72. The van der Waals surface area contributed by atoms with Gasteiger partial charge in [-0.3, -0.25) is 9.69 Å². The molecule has 1 aromatic heterocycles. The molecule has 0 unspecified atom stereocenters. The molecule has 21 heavy (non-hydrogen) atoms. The number of carbonyl (C=O) groups is 1. The second kappa shape index (κ2) is 8.09. The largest absolute Gasteiger partial charge is 0.379 e. The number of aryl methyl sites for hydroxylation is 1. The van der Waals surface area contributed by atoms with Crippen molar-refractivity contribution in [3.63, 3.8) is 0 Å². The molecule has 0 spiro atoms. The van der Waals surface area contributed by atoms with E-state index in [1.54, 1.807) is 6.92 Å². The van der Waals surface area contributed by atoms with Gasteiger partial charge < -0.3 is 14.6 Å². The van der Waals surface area contributed by atoms with E-state index in [-0.39, 0.29) is 11.9 Å². The zero-order chi connectivity index (χ0) is 15.1. The smallest absolute Gasteiger partial charge is 0.249 e. The monoisotopic (exact) mass is 296 g/mol. The average Bonchev–Trinajstić information content (AvgIpc) is 2.92. The summed E-state index contributed by atoms with van der Waals surface area (Å²) in [5.74, 6) is 1.10. The predicted octanol–water partition coefficient (Wildman–Crippen LogP) is 1.06. The molecule has 1 amide bonds. The first-order chi connectivity index (χ1) is 10.2. The normalized spacial score (nSPS) is 17.6. The van der Waals surface area contributed by atoms with Crippen LogP contribution in [0.1, 0.15) is 43.9 Å². The molecular formula is C14H24N4O3. The fourth-order valence-corrected chi connectivity index (χ4v) is 2.35. The Balaban J connectivity index is 1.70. The quantitative estimate of drug-likeness (QED) is 0.810. The van der Waals surface area contributed by atoms with Gasteiger partial charge in [0, 0.05) is 19.5 Å². The van der Waals surface area contributed by atoms with Gasteiger partial charge in [0.15, 0.2) is 5.82 Å². The number of ether oxygens (including phenoxy) is 1. The lowest BCUT2D eigenvalue weighted by molar-refractivity contribution is -0.122. The Bertz CT molecular complexity index is 443. The van der Waals surface area contributed by atoms with Crippen molar-refractivity contribution in [1.82, 2.24) is 20.4 Å². The molecule has 2 rings (SSSR count). The lowest BCUT2D eigenvalue weighted by Crippen LogP contribution is -2.37. The van der Waals surface area contributed by atoms with E-state index in [1.165, 1.54) is 0 Å². The van der Waals surface area contributed by atoms with Crippen molar-refractivity contribution in [2.24, 2.45) is 0 Å². The second-order valence-corrected chi connectivity index (χ2v) is 5.27. The molecule has 0 radical (unpaired) electrons. The summed E-state index contributed by atoms with van der Waals surface area (Å²) in [6.45, 7) is 8.19. The van der Waals surface area contributed by atoms with Crippen LogP contribution in [0.2, 0.25) is 0 Å². The summed E-state index contributed by atoms with van der Waals surface area (Å²) in [6, 6.07) is -0.193. The van der Waals surface area contributed by atoms with Gasteiger partial charge in [-0.25, -0.2) is 0 Å². The fourth-order valence-electron chi connectivity index (χ4n) is 2.35. The van der Waals surface area contributed by atoms with Crippen LogP contribution in [0.15, 0.2) is 4.52 Å². The van der Waals surface area contributed by atoms with Crippen molar-refractivity contribution in [1.29, 1.82) is 0 Å². The Morgan fingerprint density at radius 3 is 2.81 bits per heavy atom. The summed E-state index contributed by atoms with van der Waals surface area (Å²) in [5.41, 5.74) is 0. The van der Waals surface area contributed by atoms with E-state index in [1.807, 2.05) is 6.92 Å². The lowest BCUT2D eigenvalue weighted by Gasteiger charge is -2.26. The molecule has 1 aliphatic heterocycles. The van der Waals surface area contributed by atoms with Gasteiger partial charge in [0.25, 0.3) is 0 Å². The van der Waals surface area contributed by atoms with Crippen LogP contribution >= 0.6 is 0 Å². The molecule has 1 aromatic rings. The number of amides is 1. The van der Waals surface area contributed by atoms with Crippen molar-refractivity contribution in [2.75, 3.05) is 32.8 Å². The highest BCUT2D eigenvalue weighted by atomic mass is 16.5. The molecule has 0 aliphatic carbocycles. The van der Waals surface area contributed by atoms with E-state index in [4.69, 9.17) is 9.26 Å². The number of carbonyl (C=O) groups excluding carboxylic acids is 1. The highest BCUT2D eigenvalue weighted by Gasteiger charge is 2.18. The van der Waals surface area contributed by atoms with Gasteiger partial charge in [0.1, 0.15) is 6.04 Å². The van der Waals surface area contributed by atoms with Gasteiger partial charge >= 0.3 is 0 Å². The zero-order valence-corrected chi connectivity index (χ0v) is 12.8. The van der Waals surface area contributed by atoms with E-state index in [2.05, 4.69) is 20.4 Å². The maximum Gasteiger partial charge on any atom is 0.249 e. The second-order valence-electron chi connectivity index (χ2n) is 5.27. The van der Waals surface area contributed by atoms with Gasteiger partial charge in [-0.1, -0.05) is 12.1 Å². The summed E-state index contributed by atoms with van der Waals surface area (Å²) in [4.78, 5) is 18.5. The van der Waals surface area contributed by atoms with Crippen LogP contribution < -0.4 is 5.32 Å². The van der Waals surface area contributed by atoms with Crippen molar-refractivity contribution in [3.05, 3.63) is 11.7 Å². The fraction of sp³-hybridized carbons (Fsp3) is 0.786. The standard InChI is InChI=1S/C14H24N4O3/c1-3-12(14-15-11(2)17-21-14)16-13(19)5-4-6-18-7-9-20-10-8-18/h12H,3-10H2,1-2H3,(H,16,19)/t12-/m1/s1. The number of hydrogen-bond acceptors (Lipinski definition) is 6. The van der Waals surface area contributed by atoms with Crippen molar-refractivity contribution in [3.8, 4) is 0 Å². The van der Waals surface area contributed by atoms with Crippen LogP contribution in [0, 0.1) is 6.92 Å². The molecule has 2 heterocycles. The van der Waals surface area contributed by atoms with Gasteiger partial charge in [0.05, 0.1) is 13.2 Å². The van der Waals surface area contributed by atoms with E-state index in [9.17, 15) is 4.79 Å². The first-order valence-electron chi connectivity index (χ1n) is 7.58. The Morgan fingerprint density at radius 1 is 1.43 bits per heavy atom. The zero-order valence-electron chi connectivity index (χ0n) is 12.8. The molecule has 7 nitrogen and oxygen atoms in total. The number of nitrogens with zero attached hydrogens (tertiary/aromatic N) is 3. The van der Waals surface area contributed by atoms with E-state index < -0.39 is 0 Å². The molecule has 0 saturated carbocycles. The number of nitrogens with one attached hydrogen (secondary N) is 1. The van der Waals surface area contributed by atoms with Crippen molar-refractivity contribution >= 4 is 5.91 Å². The van der Waals surface area contributed by atoms with Crippen molar-refractivity contribution < 1.29 is 14.1 Å². The molecule has 1 aliphatic rings. The Morgan fingerprint density at radius 2 is 2.19 bits per heavy atom. The highest BCUT2D eigenvalue weighted by molar-refractivity contribution is 5.76. The predicted molar refractivity (Wildman–Crippen MR) is 76.7 cm³/mol. The van der Waals surface area contributed by atoms with Gasteiger partial charge in [-0.2, -0.15) is 4.98 Å². The third-order valence-corrected chi connectivity index (χ3v) is 3.57. The molecule has 118 valence electrons. The maximum atomic E-state index is 12.0. The van der Waals surface area contributed by atoms with Crippen molar-refractivity contribution in [2.45, 2.75) is 39.2 Å². The van der Waals surface area contributed by atoms with Crippen LogP contribution in [0.4, 0.5) is 0 Å². The molecule has 0 bridgehead atoms. The SMILES string of the molecule is CC[C@@H](NC(=O)CCCN1CCOCC1)c1nc(C)no1. The third kappa shape index (κ3) is 5.09. The number of aromatic nitrogens is 2. The van der Waals surface area contributed by atoms with Gasteiger partial charge in [-0.15, -0.1) is 0 Å². The summed E-state index contributed by atoms with van der Waals surface area (Å²) >= 11 is 0. The van der Waals surface area contributed by atoms with E-state index in [0.717, 1.165) is 45.7 Å². The molecule has 1 atom stereocenters. The third-order valence-electron chi connectivity index (χ3n) is 3.57. The summed E-state index contributed by atoms with van der Waals surface area (Å²) in [6.07, 6.45) is 2.10. The average molecular weight is 296 g/mol. The van der Waals surface area contributed by atoms with Gasteiger partial charge in [0.2, 0.25) is 11.8 Å². The number of morpholine rings is 1. The van der Waals surface area contributed by atoms with Crippen LogP contribution in [0.25, 0.3) is 0 Å². The first-order valence-corrected chi connectivity index (χ1v) is 7.58. The lowest BCUT2D eigenvalue weighted by atomic mass is 10.2. The molecule has 1 N–H and O–H groups in total. The Kier molecular flexibility index (Phi) is 6.13. The number of rotatable bonds is 7. The Labute approximate surface area is 125 Å². The van der Waals surface area contributed by atoms with Crippen LogP contribution in [-0.2, 0) is 9.53 Å². The molecule has 1 saturated heterocycles. The molecule has 7 heteroatoms. The molecular weight excluding hydrogens is 272 g/mol. The minimum absolute atomic E-state index is 0.0333. The summed E-state index contributed by atoms with van der Waals surface area (Å²) in [7, 11) is 0. The van der Waals surface area contributed by atoms with Crippen LogP contribution in [0.5, 0.6) is 0 Å². The molecule has 1 fully saturated rings. The highest BCUT2D eigenvalue weighted by Crippen LogP contribution is 2.14. The molecule has 0 aromatic carbocycles. The van der Waals surface area contributed by atoms with Crippen LogP contribution in [-0.4, -0.2) is 53.8 Å². The van der Waals surface area contributed by atoms with E-state index >= 15 is 0 Å². The topological polar surface area (TPSA) is 80.5 Å². The van der Waals surface area contributed by atoms with Gasteiger partial charge in [-0.05, 0) is 26.3 Å². The minimum atomic E-state index is -0.193.